The molecule has 2 N–H and O–H groups in total. The number of methoxy groups -OCH3 is 2. The van der Waals surface area contributed by atoms with Gasteiger partial charge in [-0.1, -0.05) is 36.4 Å². The van der Waals surface area contributed by atoms with Crippen LogP contribution < -0.4 is 20.1 Å². The number of rotatable bonds is 8. The number of amides is 1. The minimum absolute atomic E-state index is 0.169. The zero-order chi connectivity index (χ0) is 24.0. The Bertz CT molecular complexity index is 1070. The summed E-state index contributed by atoms with van der Waals surface area (Å²) < 4.78 is 49.0. The maximum Gasteiger partial charge on any atom is 0.433 e. The average molecular weight is 459 g/mol. The smallest absolute Gasteiger partial charge is 0.433 e. The highest BCUT2D eigenvalue weighted by Gasteiger charge is 2.32. The van der Waals surface area contributed by atoms with Crippen LogP contribution in [0.2, 0.25) is 0 Å². The van der Waals surface area contributed by atoms with Gasteiger partial charge in [-0.2, -0.15) is 13.2 Å². The van der Waals surface area contributed by atoms with Crippen LogP contribution in [0.4, 0.5) is 18.9 Å². The number of aromatic nitrogens is 1. The molecule has 6 nitrogen and oxygen atoms in total. The molecule has 1 aromatic heterocycles. The number of nitrogens with two attached hydrogens (primary N) is 1. The minimum atomic E-state index is -4.51. The van der Waals surface area contributed by atoms with E-state index in [1.165, 1.54) is 25.2 Å². The van der Waals surface area contributed by atoms with Gasteiger partial charge in [0.1, 0.15) is 11.7 Å². The molecule has 3 rings (SSSR count). The van der Waals surface area contributed by atoms with E-state index in [1.807, 2.05) is 6.07 Å². The SMILES string of the molecule is COc1ccc(N(CCc2ccc(C(F)(F)F)nc2)C(=O)C(N)c2ccccc2)cc1OC. The number of carbonyl (C=O) groups excluding carboxylic acids is 1. The molecule has 174 valence electrons. The molecule has 0 aliphatic heterocycles. The van der Waals surface area contributed by atoms with E-state index in [-0.39, 0.29) is 18.9 Å². The third-order valence-corrected chi connectivity index (χ3v) is 5.11. The van der Waals surface area contributed by atoms with Gasteiger partial charge in [0, 0.05) is 24.5 Å². The number of pyridine rings is 1. The standard InChI is InChI=1S/C24H24F3N3O3/c1-32-19-10-9-18(14-20(19)33-2)30(23(31)22(28)17-6-4-3-5-7-17)13-12-16-8-11-21(29-15-16)24(25,26)27/h3-11,14-15,22H,12-13,28H2,1-2H3. The van der Waals surface area contributed by atoms with Gasteiger partial charge in [0.25, 0.3) is 0 Å². The van der Waals surface area contributed by atoms with Crippen LogP contribution >= 0.6 is 0 Å². The summed E-state index contributed by atoms with van der Waals surface area (Å²) in [6.07, 6.45) is -3.08. The number of ether oxygens (including phenoxy) is 2. The molecule has 3 aromatic rings. The Balaban J connectivity index is 1.89. The molecule has 2 aromatic carbocycles. The van der Waals surface area contributed by atoms with Crippen LogP contribution in [0.1, 0.15) is 22.9 Å². The van der Waals surface area contributed by atoms with Crippen molar-refractivity contribution in [2.45, 2.75) is 18.6 Å². The van der Waals surface area contributed by atoms with Gasteiger partial charge in [-0.15, -0.1) is 0 Å². The Morgan fingerprint density at radius 1 is 1.03 bits per heavy atom. The fourth-order valence-electron chi connectivity index (χ4n) is 3.31. The molecule has 0 bridgehead atoms. The first-order chi connectivity index (χ1) is 15.7. The lowest BCUT2D eigenvalue weighted by Gasteiger charge is -2.27. The summed E-state index contributed by atoms with van der Waals surface area (Å²) in [5.74, 6) is 0.554. The van der Waals surface area contributed by atoms with Crippen molar-refractivity contribution in [1.29, 1.82) is 0 Å². The Hall–Kier alpha value is -3.59. The van der Waals surface area contributed by atoms with Crippen molar-refractivity contribution >= 4 is 11.6 Å². The molecule has 0 aliphatic carbocycles. The second-order valence-corrected chi connectivity index (χ2v) is 7.22. The molecular formula is C24H24F3N3O3. The zero-order valence-electron chi connectivity index (χ0n) is 18.2. The Kier molecular flexibility index (Phi) is 7.55. The van der Waals surface area contributed by atoms with E-state index in [9.17, 15) is 18.0 Å². The van der Waals surface area contributed by atoms with E-state index in [0.717, 1.165) is 12.3 Å². The van der Waals surface area contributed by atoms with E-state index in [1.54, 1.807) is 42.5 Å². The summed E-state index contributed by atoms with van der Waals surface area (Å²) in [6.45, 7) is 0.169. The van der Waals surface area contributed by atoms with Crippen LogP contribution in [0.5, 0.6) is 11.5 Å². The molecule has 0 spiro atoms. The number of halogens is 3. The van der Waals surface area contributed by atoms with Crippen molar-refractivity contribution in [2.24, 2.45) is 5.73 Å². The van der Waals surface area contributed by atoms with Gasteiger partial charge in [-0.05, 0) is 35.7 Å². The number of nitrogens with zero attached hydrogens (tertiary/aromatic N) is 2. The van der Waals surface area contributed by atoms with Crippen LogP contribution in [0.3, 0.4) is 0 Å². The number of hydrogen-bond acceptors (Lipinski definition) is 5. The maximum atomic E-state index is 13.4. The van der Waals surface area contributed by atoms with E-state index >= 15 is 0 Å². The molecule has 0 aliphatic rings. The number of hydrogen-bond donors (Lipinski definition) is 1. The Morgan fingerprint density at radius 2 is 1.73 bits per heavy atom. The van der Waals surface area contributed by atoms with Crippen LogP contribution in [0.15, 0.2) is 66.9 Å². The van der Waals surface area contributed by atoms with Crippen LogP contribution in [0.25, 0.3) is 0 Å². The van der Waals surface area contributed by atoms with Crippen molar-refractivity contribution in [3.05, 3.63) is 83.7 Å². The molecular weight excluding hydrogens is 435 g/mol. The van der Waals surface area contributed by atoms with Crippen LogP contribution in [-0.4, -0.2) is 31.7 Å². The van der Waals surface area contributed by atoms with E-state index in [4.69, 9.17) is 15.2 Å². The summed E-state index contributed by atoms with van der Waals surface area (Å²) in [5.41, 5.74) is 7.00. The molecule has 33 heavy (non-hydrogen) atoms. The van der Waals surface area contributed by atoms with Gasteiger partial charge < -0.3 is 20.1 Å². The lowest BCUT2D eigenvalue weighted by molar-refractivity contribution is -0.141. The van der Waals surface area contributed by atoms with E-state index in [0.29, 0.717) is 28.3 Å². The Labute approximate surface area is 189 Å². The van der Waals surface area contributed by atoms with Gasteiger partial charge in [0.2, 0.25) is 5.91 Å². The fraction of sp³-hybridized carbons (Fsp3) is 0.250. The summed E-state index contributed by atoms with van der Waals surface area (Å²) >= 11 is 0. The number of benzene rings is 2. The molecule has 1 amide bonds. The van der Waals surface area contributed by atoms with Crippen molar-refractivity contribution in [2.75, 3.05) is 25.7 Å². The molecule has 9 heteroatoms. The highest BCUT2D eigenvalue weighted by molar-refractivity contribution is 5.98. The van der Waals surface area contributed by atoms with Gasteiger partial charge in [-0.25, -0.2) is 0 Å². The second-order valence-electron chi connectivity index (χ2n) is 7.22. The predicted molar refractivity (Wildman–Crippen MR) is 118 cm³/mol. The molecule has 0 fully saturated rings. The van der Waals surface area contributed by atoms with Crippen molar-refractivity contribution in [3.63, 3.8) is 0 Å². The second kappa shape index (κ2) is 10.4. The topological polar surface area (TPSA) is 77.7 Å². The quantitative estimate of drug-likeness (QED) is 0.541. The lowest BCUT2D eigenvalue weighted by atomic mass is 10.1. The first kappa shape index (κ1) is 24.1. The fourth-order valence-corrected chi connectivity index (χ4v) is 3.31. The number of anilines is 1. The molecule has 1 atom stereocenters. The molecule has 1 heterocycles. The molecule has 0 saturated heterocycles. The average Bonchev–Trinajstić information content (AvgIpc) is 2.83. The summed E-state index contributed by atoms with van der Waals surface area (Å²) in [6, 6.07) is 15.3. The van der Waals surface area contributed by atoms with E-state index < -0.39 is 17.9 Å². The minimum Gasteiger partial charge on any atom is -0.493 e. The highest BCUT2D eigenvalue weighted by atomic mass is 19.4. The third-order valence-electron chi connectivity index (χ3n) is 5.11. The zero-order valence-corrected chi connectivity index (χ0v) is 18.2. The molecule has 0 saturated carbocycles. The summed E-state index contributed by atoms with van der Waals surface area (Å²) in [5, 5.41) is 0. The first-order valence-electron chi connectivity index (χ1n) is 10.1. The van der Waals surface area contributed by atoms with Gasteiger partial charge >= 0.3 is 6.18 Å². The van der Waals surface area contributed by atoms with Crippen molar-refractivity contribution in [1.82, 2.24) is 4.98 Å². The first-order valence-corrected chi connectivity index (χ1v) is 10.1. The van der Waals surface area contributed by atoms with Gasteiger partial charge in [0.05, 0.1) is 14.2 Å². The summed E-state index contributed by atoms with van der Waals surface area (Å²) in [4.78, 5) is 18.3. The molecule has 0 radical (unpaired) electrons. The largest absolute Gasteiger partial charge is 0.493 e. The van der Waals surface area contributed by atoms with Crippen LogP contribution in [-0.2, 0) is 17.4 Å². The maximum absolute atomic E-state index is 13.4. The monoisotopic (exact) mass is 459 g/mol. The molecule has 1 unspecified atom stereocenters. The van der Waals surface area contributed by atoms with Crippen molar-refractivity contribution < 1.29 is 27.4 Å². The predicted octanol–water partition coefficient (Wildman–Crippen LogP) is 4.39. The van der Waals surface area contributed by atoms with Crippen molar-refractivity contribution in [3.8, 4) is 11.5 Å². The number of alkyl halides is 3. The highest BCUT2D eigenvalue weighted by Crippen LogP contribution is 2.33. The lowest BCUT2D eigenvalue weighted by Crippen LogP contribution is -2.40. The van der Waals surface area contributed by atoms with Gasteiger partial charge in [0.15, 0.2) is 11.5 Å². The summed E-state index contributed by atoms with van der Waals surface area (Å²) in [7, 11) is 2.99. The van der Waals surface area contributed by atoms with Crippen LogP contribution in [0, 0.1) is 0 Å². The number of carbonyl (C=O) groups is 1. The normalized spacial score (nSPS) is 12.2. The third kappa shape index (κ3) is 5.81. The van der Waals surface area contributed by atoms with Gasteiger partial charge in [-0.3, -0.25) is 9.78 Å². The van der Waals surface area contributed by atoms with E-state index in [2.05, 4.69) is 4.98 Å². The Morgan fingerprint density at radius 3 is 2.30 bits per heavy atom.